The molecule has 1 unspecified atom stereocenters. The number of urea groups is 1. The number of piperidine rings is 2. The van der Waals surface area contributed by atoms with E-state index in [0.717, 1.165) is 47.0 Å². The fourth-order valence-electron chi connectivity index (χ4n) is 6.61. The molecule has 3 aliphatic heterocycles. The highest BCUT2D eigenvalue weighted by atomic mass is 16.6. The van der Waals surface area contributed by atoms with E-state index >= 15 is 0 Å². The molecule has 11 nitrogen and oxygen atoms in total. The van der Waals surface area contributed by atoms with Gasteiger partial charge in [0.1, 0.15) is 0 Å². The fourth-order valence-corrected chi connectivity index (χ4v) is 6.61. The number of carbonyl (C=O) groups is 3. The Morgan fingerprint density at radius 3 is 2.51 bits per heavy atom. The quantitative estimate of drug-likeness (QED) is 0.455. The van der Waals surface area contributed by atoms with E-state index in [1.54, 1.807) is 11.1 Å². The van der Waals surface area contributed by atoms with E-state index in [1.807, 2.05) is 52.3 Å². The summed E-state index contributed by atoms with van der Waals surface area (Å²) in [7, 11) is 4.14. The molecule has 0 aliphatic carbocycles. The minimum Gasteiger partial charge on any atom is -0.436 e. The fraction of sp³-hybridized carbons (Fsp3) is 0.500. The van der Waals surface area contributed by atoms with Crippen LogP contribution in [0.2, 0.25) is 0 Å². The van der Waals surface area contributed by atoms with E-state index in [9.17, 15) is 14.4 Å². The van der Waals surface area contributed by atoms with Gasteiger partial charge in [0.05, 0.1) is 11.7 Å². The summed E-state index contributed by atoms with van der Waals surface area (Å²) in [4.78, 5) is 47.9. The van der Waals surface area contributed by atoms with E-state index in [-0.39, 0.29) is 18.0 Å². The van der Waals surface area contributed by atoms with Crippen molar-refractivity contribution < 1.29 is 19.1 Å². The molecule has 2 aromatic carbocycles. The summed E-state index contributed by atoms with van der Waals surface area (Å²) in [6, 6.07) is 14.2. The lowest BCUT2D eigenvalue weighted by atomic mass is 10.0. The van der Waals surface area contributed by atoms with Crippen molar-refractivity contribution in [3.8, 4) is 0 Å². The Morgan fingerprint density at radius 2 is 1.74 bits per heavy atom. The molecular formula is C32H41N7O4. The van der Waals surface area contributed by atoms with Crippen molar-refractivity contribution in [1.82, 2.24) is 29.8 Å². The summed E-state index contributed by atoms with van der Waals surface area (Å²) >= 11 is 0. The number of hydrogen-bond donors (Lipinski definition) is 2. The first kappa shape index (κ1) is 29.0. The molecule has 2 fully saturated rings. The third-order valence-electron chi connectivity index (χ3n) is 9.26. The first-order valence-corrected chi connectivity index (χ1v) is 15.3. The van der Waals surface area contributed by atoms with Crippen LogP contribution in [-0.2, 0) is 22.4 Å². The summed E-state index contributed by atoms with van der Waals surface area (Å²) in [5, 5.41) is 11.0. The molecule has 11 heteroatoms. The molecule has 3 aromatic rings. The minimum atomic E-state index is -0.916. The number of aromatic nitrogens is 2. The van der Waals surface area contributed by atoms with Crippen LogP contribution in [0.5, 0.6) is 0 Å². The summed E-state index contributed by atoms with van der Waals surface area (Å²) in [6.07, 6.45) is 4.55. The number of benzene rings is 2. The zero-order valence-electron chi connectivity index (χ0n) is 25.0. The first-order valence-electron chi connectivity index (χ1n) is 15.3. The van der Waals surface area contributed by atoms with Gasteiger partial charge in [0.25, 0.3) is 5.91 Å². The average Bonchev–Trinajstić information content (AvgIpc) is 3.42. The highest BCUT2D eigenvalue weighted by Gasteiger charge is 2.35. The van der Waals surface area contributed by atoms with Crippen molar-refractivity contribution in [3.05, 3.63) is 59.8 Å². The van der Waals surface area contributed by atoms with Crippen molar-refractivity contribution in [2.45, 2.75) is 56.7 Å². The molecule has 0 spiro atoms. The number of fused-ring (bicyclic) bond motifs is 2. The van der Waals surface area contributed by atoms with Crippen LogP contribution in [0, 0.1) is 0 Å². The lowest BCUT2D eigenvalue weighted by Crippen LogP contribution is -2.52. The SMILES string of the molecule is CN(C)C1CCN(C(=O)C(Cc2ccc3[nH]ncc3c2)OC(=O)N2CCC(N3CCc4ccccc4NC3=O)CC2)CC1. The maximum atomic E-state index is 13.8. The smallest absolute Gasteiger partial charge is 0.410 e. The Morgan fingerprint density at radius 1 is 1.00 bits per heavy atom. The van der Waals surface area contributed by atoms with Gasteiger partial charge >= 0.3 is 12.1 Å². The third kappa shape index (κ3) is 6.46. The largest absolute Gasteiger partial charge is 0.436 e. The van der Waals surface area contributed by atoms with Gasteiger partial charge in [-0.15, -0.1) is 0 Å². The molecule has 3 aliphatic rings. The number of likely N-dealkylation sites (tertiary alicyclic amines) is 2. The summed E-state index contributed by atoms with van der Waals surface area (Å²) in [6.45, 7) is 2.86. The molecule has 1 atom stereocenters. The number of ether oxygens (including phenoxy) is 1. The van der Waals surface area contributed by atoms with Gasteiger partial charge in [0, 0.05) is 62.3 Å². The second-order valence-corrected chi connectivity index (χ2v) is 12.1. The van der Waals surface area contributed by atoms with Crippen LogP contribution < -0.4 is 5.32 Å². The zero-order valence-corrected chi connectivity index (χ0v) is 25.0. The first-order chi connectivity index (χ1) is 20.9. The predicted molar refractivity (Wildman–Crippen MR) is 164 cm³/mol. The third-order valence-corrected chi connectivity index (χ3v) is 9.26. The van der Waals surface area contributed by atoms with Gasteiger partial charge < -0.3 is 29.7 Å². The molecular weight excluding hydrogens is 546 g/mol. The van der Waals surface area contributed by atoms with E-state index in [2.05, 4.69) is 34.5 Å². The molecule has 6 rings (SSSR count). The number of rotatable bonds is 6. The van der Waals surface area contributed by atoms with Gasteiger partial charge in [-0.05, 0) is 75.5 Å². The second kappa shape index (κ2) is 12.6. The lowest BCUT2D eigenvalue weighted by Gasteiger charge is -2.38. The normalized spacial score (nSPS) is 19.2. The van der Waals surface area contributed by atoms with Crippen molar-refractivity contribution in [3.63, 3.8) is 0 Å². The maximum Gasteiger partial charge on any atom is 0.410 e. The molecule has 4 amide bonds. The number of anilines is 1. The number of para-hydroxylation sites is 1. The van der Waals surface area contributed by atoms with Crippen LogP contribution in [0.15, 0.2) is 48.7 Å². The van der Waals surface area contributed by atoms with Gasteiger partial charge in [-0.3, -0.25) is 9.89 Å². The Kier molecular flexibility index (Phi) is 8.51. The number of carbonyl (C=O) groups excluding carboxylic acids is 3. The number of nitrogens with zero attached hydrogens (tertiary/aromatic N) is 5. The van der Waals surface area contributed by atoms with Gasteiger partial charge in [-0.25, -0.2) is 9.59 Å². The Balaban J connectivity index is 1.10. The van der Waals surface area contributed by atoms with Crippen LogP contribution in [0.25, 0.3) is 10.9 Å². The van der Waals surface area contributed by atoms with Gasteiger partial charge in [0.15, 0.2) is 6.10 Å². The van der Waals surface area contributed by atoms with E-state index in [0.29, 0.717) is 58.0 Å². The van der Waals surface area contributed by atoms with Crippen LogP contribution >= 0.6 is 0 Å². The van der Waals surface area contributed by atoms with Crippen LogP contribution in [-0.4, -0.2) is 113 Å². The predicted octanol–water partition coefficient (Wildman–Crippen LogP) is 3.72. The summed E-state index contributed by atoms with van der Waals surface area (Å²) in [5.41, 5.74) is 3.83. The van der Waals surface area contributed by atoms with E-state index in [1.165, 1.54) is 0 Å². The van der Waals surface area contributed by atoms with Gasteiger partial charge in [0.2, 0.25) is 0 Å². The number of hydrogen-bond acceptors (Lipinski definition) is 6. The highest BCUT2D eigenvalue weighted by Crippen LogP contribution is 2.26. The van der Waals surface area contributed by atoms with Gasteiger partial charge in [-0.1, -0.05) is 24.3 Å². The van der Waals surface area contributed by atoms with Crippen molar-refractivity contribution in [1.29, 1.82) is 0 Å². The molecule has 4 heterocycles. The maximum absolute atomic E-state index is 13.8. The second-order valence-electron chi connectivity index (χ2n) is 12.1. The minimum absolute atomic E-state index is 0.0375. The molecule has 0 radical (unpaired) electrons. The van der Waals surface area contributed by atoms with Crippen molar-refractivity contribution in [2.24, 2.45) is 0 Å². The number of nitrogens with one attached hydrogen (secondary N) is 2. The summed E-state index contributed by atoms with van der Waals surface area (Å²) in [5.74, 6) is -0.145. The Labute approximate surface area is 252 Å². The number of H-pyrrole nitrogens is 1. The number of aromatic amines is 1. The molecule has 2 saturated heterocycles. The molecule has 2 N–H and O–H groups in total. The standard InChI is InChI=1S/C32H41N7O4/c1-36(2)25-10-14-37(15-11-25)30(40)29(20-22-7-8-28-24(19-22)21-33-35-28)43-32(42)38-16-12-26(13-17-38)39-18-9-23-5-3-4-6-27(23)34-31(39)41/h3-8,19,21,25-26,29H,9-18,20H2,1-2H3,(H,33,35)(H,34,41). The van der Waals surface area contributed by atoms with Crippen LogP contribution in [0.1, 0.15) is 36.8 Å². The summed E-state index contributed by atoms with van der Waals surface area (Å²) < 4.78 is 6.01. The molecule has 0 saturated carbocycles. The molecule has 1 aromatic heterocycles. The van der Waals surface area contributed by atoms with Crippen molar-refractivity contribution in [2.75, 3.05) is 52.1 Å². The average molecular weight is 588 g/mol. The highest BCUT2D eigenvalue weighted by molar-refractivity contribution is 5.91. The van der Waals surface area contributed by atoms with E-state index < -0.39 is 12.2 Å². The monoisotopic (exact) mass is 587 g/mol. The molecule has 228 valence electrons. The molecule has 43 heavy (non-hydrogen) atoms. The van der Waals surface area contributed by atoms with Crippen molar-refractivity contribution >= 4 is 34.6 Å². The Hall–Kier alpha value is -4.12. The Bertz CT molecular complexity index is 1460. The topological polar surface area (TPSA) is 114 Å². The lowest BCUT2D eigenvalue weighted by molar-refractivity contribution is -0.142. The van der Waals surface area contributed by atoms with E-state index in [4.69, 9.17) is 4.74 Å². The molecule has 0 bridgehead atoms. The van der Waals surface area contributed by atoms with Crippen LogP contribution in [0.4, 0.5) is 15.3 Å². The van der Waals surface area contributed by atoms with Crippen LogP contribution in [0.3, 0.4) is 0 Å². The number of amides is 4. The zero-order chi connectivity index (χ0) is 29.9. The van der Waals surface area contributed by atoms with Gasteiger partial charge in [-0.2, -0.15) is 5.10 Å².